The molecule has 2 saturated heterocycles. The van der Waals surface area contributed by atoms with Gasteiger partial charge < -0.3 is 15.5 Å². The van der Waals surface area contributed by atoms with Crippen molar-refractivity contribution in [1.82, 2.24) is 20.4 Å². The molecule has 2 aliphatic heterocycles. The molecule has 27 heavy (non-hydrogen) atoms. The van der Waals surface area contributed by atoms with Gasteiger partial charge in [-0.15, -0.1) is 24.0 Å². The van der Waals surface area contributed by atoms with Crippen LogP contribution in [0.2, 0.25) is 0 Å². The largest absolute Gasteiger partial charge is 0.355 e. The first-order valence-corrected chi connectivity index (χ1v) is 11.0. The topological polar surface area (TPSA) is 42.9 Å². The van der Waals surface area contributed by atoms with Gasteiger partial charge in [-0.3, -0.25) is 9.89 Å². The van der Waals surface area contributed by atoms with Gasteiger partial charge in [-0.2, -0.15) is 0 Å². The third-order valence-corrected chi connectivity index (χ3v) is 6.18. The predicted octanol–water partition coefficient (Wildman–Crippen LogP) is 3.54. The summed E-state index contributed by atoms with van der Waals surface area (Å²) in [6.07, 6.45) is 7.91. The van der Waals surface area contributed by atoms with E-state index in [9.17, 15) is 0 Å². The maximum Gasteiger partial charge on any atom is 0.191 e. The zero-order chi connectivity index (χ0) is 18.9. The first-order valence-electron chi connectivity index (χ1n) is 11.0. The Morgan fingerprint density at radius 1 is 0.926 bits per heavy atom. The molecule has 0 aromatic carbocycles. The lowest BCUT2D eigenvalue weighted by Crippen LogP contribution is -2.53. The lowest BCUT2D eigenvalue weighted by molar-refractivity contribution is 0.159. The Morgan fingerprint density at radius 3 is 2.00 bits per heavy atom. The molecule has 0 aromatic heterocycles. The van der Waals surface area contributed by atoms with Gasteiger partial charge in [-0.05, 0) is 58.5 Å². The first kappa shape index (κ1) is 25.0. The Bertz CT molecular complexity index is 411. The van der Waals surface area contributed by atoms with E-state index in [1.807, 2.05) is 7.05 Å². The zero-order valence-electron chi connectivity index (χ0n) is 18.3. The Balaban J connectivity index is 0.00000364. The van der Waals surface area contributed by atoms with E-state index in [0.717, 1.165) is 12.5 Å². The van der Waals surface area contributed by atoms with Gasteiger partial charge in [0.15, 0.2) is 5.96 Å². The van der Waals surface area contributed by atoms with Crippen molar-refractivity contribution < 1.29 is 0 Å². The van der Waals surface area contributed by atoms with Crippen molar-refractivity contribution in [3.63, 3.8) is 0 Å². The summed E-state index contributed by atoms with van der Waals surface area (Å²) in [4.78, 5) is 9.77. The summed E-state index contributed by atoms with van der Waals surface area (Å²) >= 11 is 0. The number of nitrogens with zero attached hydrogens (tertiary/aromatic N) is 3. The highest BCUT2D eigenvalue weighted by Crippen LogP contribution is 2.17. The number of halogens is 1. The number of nitrogens with one attached hydrogen (secondary N) is 2. The van der Waals surface area contributed by atoms with Crippen LogP contribution in [0.25, 0.3) is 0 Å². The lowest BCUT2D eigenvalue weighted by Gasteiger charge is -2.36. The van der Waals surface area contributed by atoms with Crippen LogP contribution in [-0.4, -0.2) is 73.7 Å². The molecular weight excluding hydrogens is 449 g/mol. The fourth-order valence-electron chi connectivity index (χ4n) is 4.36. The molecule has 2 heterocycles. The molecule has 1 atom stereocenters. The fourth-order valence-corrected chi connectivity index (χ4v) is 4.36. The minimum atomic E-state index is 0. The molecule has 1 unspecified atom stereocenters. The van der Waals surface area contributed by atoms with Crippen molar-refractivity contribution in [3.8, 4) is 0 Å². The molecule has 5 nitrogen and oxygen atoms in total. The molecule has 2 aliphatic rings. The third-order valence-electron chi connectivity index (χ3n) is 6.18. The summed E-state index contributed by atoms with van der Waals surface area (Å²) in [7, 11) is 1.90. The average molecular weight is 494 g/mol. The van der Waals surface area contributed by atoms with E-state index in [1.165, 1.54) is 64.7 Å². The van der Waals surface area contributed by atoms with Crippen molar-refractivity contribution in [2.75, 3.05) is 39.8 Å². The van der Waals surface area contributed by atoms with Gasteiger partial charge >= 0.3 is 0 Å². The molecule has 2 N–H and O–H groups in total. The van der Waals surface area contributed by atoms with Crippen molar-refractivity contribution >= 4 is 29.9 Å². The first-order chi connectivity index (χ1) is 12.5. The average Bonchev–Trinajstić information content (AvgIpc) is 2.90. The quantitative estimate of drug-likeness (QED) is 0.338. The SMILES string of the molecule is CN=C(NCC(C(C)C)N1CCCCCC1)NC1CCN(C(C)C)CC1.I. The highest BCUT2D eigenvalue weighted by molar-refractivity contribution is 14.0. The van der Waals surface area contributed by atoms with Crippen LogP contribution in [0, 0.1) is 5.92 Å². The normalized spacial score (nSPS) is 22.4. The van der Waals surface area contributed by atoms with Crippen molar-refractivity contribution in [1.29, 1.82) is 0 Å². The van der Waals surface area contributed by atoms with Crippen LogP contribution in [0.5, 0.6) is 0 Å². The molecule has 6 heteroatoms. The second-order valence-electron chi connectivity index (χ2n) is 8.76. The monoisotopic (exact) mass is 493 g/mol. The number of aliphatic imine (C=N–C) groups is 1. The smallest absolute Gasteiger partial charge is 0.191 e. The van der Waals surface area contributed by atoms with Crippen LogP contribution in [0.4, 0.5) is 0 Å². The molecule has 2 rings (SSSR count). The molecule has 0 aromatic rings. The lowest BCUT2D eigenvalue weighted by atomic mass is 10.0. The van der Waals surface area contributed by atoms with Crippen LogP contribution in [-0.2, 0) is 0 Å². The van der Waals surface area contributed by atoms with Crippen molar-refractivity contribution in [2.24, 2.45) is 10.9 Å². The third kappa shape index (κ3) is 8.44. The number of piperidine rings is 1. The number of hydrogen-bond acceptors (Lipinski definition) is 3. The van der Waals surface area contributed by atoms with E-state index in [4.69, 9.17) is 0 Å². The van der Waals surface area contributed by atoms with Crippen LogP contribution >= 0.6 is 24.0 Å². The summed E-state index contributed by atoms with van der Waals surface area (Å²) < 4.78 is 0. The molecule has 0 spiro atoms. The molecule has 2 fully saturated rings. The van der Waals surface area contributed by atoms with Gasteiger partial charge in [0.25, 0.3) is 0 Å². The number of likely N-dealkylation sites (tertiary alicyclic amines) is 2. The summed E-state index contributed by atoms with van der Waals surface area (Å²) in [5.74, 6) is 1.64. The van der Waals surface area contributed by atoms with E-state index in [1.54, 1.807) is 0 Å². The molecular formula is C21H44IN5. The van der Waals surface area contributed by atoms with Gasteiger partial charge in [-0.25, -0.2) is 0 Å². The number of guanidine groups is 1. The van der Waals surface area contributed by atoms with Crippen LogP contribution in [0.3, 0.4) is 0 Å². The van der Waals surface area contributed by atoms with E-state index in [0.29, 0.717) is 24.0 Å². The summed E-state index contributed by atoms with van der Waals surface area (Å²) in [5, 5.41) is 7.30. The minimum Gasteiger partial charge on any atom is -0.355 e. The van der Waals surface area contributed by atoms with Crippen LogP contribution in [0.15, 0.2) is 4.99 Å². The van der Waals surface area contributed by atoms with E-state index in [-0.39, 0.29) is 24.0 Å². The highest BCUT2D eigenvalue weighted by Gasteiger charge is 2.24. The van der Waals surface area contributed by atoms with Crippen LogP contribution in [0.1, 0.15) is 66.2 Å². The minimum absolute atomic E-state index is 0. The van der Waals surface area contributed by atoms with Gasteiger partial charge in [0.2, 0.25) is 0 Å². The predicted molar refractivity (Wildman–Crippen MR) is 128 cm³/mol. The molecule has 0 saturated carbocycles. The maximum atomic E-state index is 4.49. The molecule has 160 valence electrons. The van der Waals surface area contributed by atoms with Gasteiger partial charge in [0.05, 0.1) is 0 Å². The summed E-state index contributed by atoms with van der Waals surface area (Å²) in [6.45, 7) is 15.2. The van der Waals surface area contributed by atoms with E-state index < -0.39 is 0 Å². The number of rotatable bonds is 6. The van der Waals surface area contributed by atoms with Crippen molar-refractivity contribution in [3.05, 3.63) is 0 Å². The second kappa shape index (κ2) is 13.2. The maximum absolute atomic E-state index is 4.49. The second-order valence-corrected chi connectivity index (χ2v) is 8.76. The Kier molecular flexibility index (Phi) is 12.2. The summed E-state index contributed by atoms with van der Waals surface area (Å²) in [6, 6.07) is 1.80. The Hall–Kier alpha value is -0.0800. The standard InChI is InChI=1S/C21H43N5.HI/c1-17(2)20(26-12-8-6-7-9-13-26)16-23-21(22-5)24-19-10-14-25(15-11-19)18(3)4;/h17-20H,6-16H2,1-5H3,(H2,22,23,24);1H. The molecule has 0 radical (unpaired) electrons. The zero-order valence-corrected chi connectivity index (χ0v) is 20.7. The molecule has 0 bridgehead atoms. The highest BCUT2D eigenvalue weighted by atomic mass is 127. The summed E-state index contributed by atoms with van der Waals surface area (Å²) in [5.41, 5.74) is 0. The van der Waals surface area contributed by atoms with Gasteiger partial charge in [-0.1, -0.05) is 26.7 Å². The molecule has 0 aliphatic carbocycles. The Morgan fingerprint density at radius 2 is 1.52 bits per heavy atom. The Labute approximate surface area is 185 Å². The molecule has 0 amide bonds. The van der Waals surface area contributed by atoms with Gasteiger partial charge in [0, 0.05) is 44.8 Å². The van der Waals surface area contributed by atoms with Crippen LogP contribution < -0.4 is 10.6 Å². The number of hydrogen-bond donors (Lipinski definition) is 2. The van der Waals surface area contributed by atoms with E-state index in [2.05, 4.69) is 53.1 Å². The van der Waals surface area contributed by atoms with Gasteiger partial charge in [0.1, 0.15) is 0 Å². The van der Waals surface area contributed by atoms with E-state index >= 15 is 0 Å². The van der Waals surface area contributed by atoms with Crippen molar-refractivity contribution in [2.45, 2.75) is 84.3 Å². The fraction of sp³-hybridized carbons (Fsp3) is 0.952.